The van der Waals surface area contributed by atoms with Gasteiger partial charge in [0.25, 0.3) is 0 Å². The molecule has 1 rings (SSSR count). The largest absolute Gasteiger partial charge is 0.368 e. The number of nitrogens with zero attached hydrogens (tertiary/aromatic N) is 2. The van der Waals surface area contributed by atoms with Crippen molar-refractivity contribution in [2.45, 2.75) is 34.1 Å². The first kappa shape index (κ1) is 12.4. The number of hydrogen-bond donors (Lipinski definition) is 1. The number of terminal acetylenes is 1. The van der Waals surface area contributed by atoms with Crippen molar-refractivity contribution in [2.24, 2.45) is 0 Å². The summed E-state index contributed by atoms with van der Waals surface area (Å²) in [5.74, 6) is 2.88. The van der Waals surface area contributed by atoms with E-state index in [4.69, 9.17) is 12.2 Å². The average molecular weight is 191 g/mol. The van der Waals surface area contributed by atoms with Crippen molar-refractivity contribution in [3.8, 4) is 12.3 Å². The van der Waals surface area contributed by atoms with E-state index >= 15 is 0 Å². The molecule has 14 heavy (non-hydrogen) atoms. The van der Waals surface area contributed by atoms with E-state index in [1.54, 1.807) is 0 Å². The van der Waals surface area contributed by atoms with Crippen LogP contribution in [0.1, 0.15) is 30.8 Å². The predicted octanol–water partition coefficient (Wildman–Crippen LogP) is 1.88. The van der Waals surface area contributed by atoms with Crippen molar-refractivity contribution in [3.63, 3.8) is 0 Å². The molecule has 0 bridgehead atoms. The Morgan fingerprint density at radius 2 is 1.64 bits per heavy atom. The zero-order valence-corrected chi connectivity index (χ0v) is 9.26. The molecule has 0 radical (unpaired) electrons. The number of aryl methyl sites for hydroxylation is 2. The molecular formula is C11H17N3. The lowest BCUT2D eigenvalue weighted by Crippen LogP contribution is -2.04. The van der Waals surface area contributed by atoms with Gasteiger partial charge in [-0.05, 0) is 13.8 Å². The van der Waals surface area contributed by atoms with Gasteiger partial charge in [0.2, 0.25) is 5.95 Å². The van der Waals surface area contributed by atoms with Gasteiger partial charge in [0, 0.05) is 23.4 Å². The molecule has 3 heteroatoms. The number of anilines is 1. The van der Waals surface area contributed by atoms with Crippen molar-refractivity contribution in [2.75, 3.05) is 5.73 Å². The van der Waals surface area contributed by atoms with Gasteiger partial charge in [0.05, 0.1) is 0 Å². The summed E-state index contributed by atoms with van der Waals surface area (Å²) in [6, 6.07) is 0. The zero-order chi connectivity index (χ0) is 11.1. The fourth-order valence-corrected chi connectivity index (χ4v) is 1.12. The summed E-state index contributed by atoms with van der Waals surface area (Å²) in [4.78, 5) is 8.05. The first-order chi connectivity index (χ1) is 6.65. The van der Waals surface area contributed by atoms with Crippen molar-refractivity contribution >= 4 is 5.95 Å². The molecule has 0 spiro atoms. The molecule has 0 atom stereocenters. The number of hydrogen-bond acceptors (Lipinski definition) is 3. The molecule has 0 fully saturated rings. The van der Waals surface area contributed by atoms with Crippen LogP contribution in [0.3, 0.4) is 0 Å². The Hall–Kier alpha value is -1.56. The molecule has 0 amide bonds. The number of rotatable bonds is 1. The van der Waals surface area contributed by atoms with Gasteiger partial charge in [-0.2, -0.15) is 0 Å². The van der Waals surface area contributed by atoms with Crippen LogP contribution >= 0.6 is 0 Å². The second-order valence-corrected chi connectivity index (χ2v) is 2.61. The Balaban J connectivity index is 0.000000791. The summed E-state index contributed by atoms with van der Waals surface area (Å²) in [7, 11) is 0. The Morgan fingerprint density at radius 3 is 2.00 bits per heavy atom. The van der Waals surface area contributed by atoms with Gasteiger partial charge >= 0.3 is 0 Å². The van der Waals surface area contributed by atoms with Crippen LogP contribution in [0, 0.1) is 26.2 Å². The highest BCUT2D eigenvalue weighted by atomic mass is 15.0. The van der Waals surface area contributed by atoms with Crippen LogP contribution in [-0.2, 0) is 6.42 Å². The van der Waals surface area contributed by atoms with Crippen molar-refractivity contribution in [1.82, 2.24) is 9.97 Å². The lowest BCUT2D eigenvalue weighted by atomic mass is 10.1. The second-order valence-electron chi connectivity index (χ2n) is 2.61. The molecule has 1 aromatic heterocycles. The van der Waals surface area contributed by atoms with E-state index in [0.717, 1.165) is 17.0 Å². The first-order valence-corrected chi connectivity index (χ1v) is 4.68. The highest BCUT2D eigenvalue weighted by molar-refractivity contribution is 5.32. The fraction of sp³-hybridized carbons (Fsp3) is 0.455. The van der Waals surface area contributed by atoms with Crippen LogP contribution in [0.5, 0.6) is 0 Å². The molecule has 0 aliphatic heterocycles. The van der Waals surface area contributed by atoms with Crippen LogP contribution in [0.25, 0.3) is 0 Å². The standard InChI is InChI=1S/C9H11N3.C2H6/c1-4-5-8-6(2)11-9(10)12-7(8)3;1-2/h1H,5H2,2-3H3,(H2,10,11,12);1-2H3. The SMILES string of the molecule is C#CCc1c(C)nc(N)nc1C.CC. The Bertz CT molecular complexity index is 314. The molecule has 1 heterocycles. The van der Waals surface area contributed by atoms with E-state index in [0.29, 0.717) is 12.4 Å². The minimum absolute atomic E-state index is 0.311. The predicted molar refractivity (Wildman–Crippen MR) is 59.8 cm³/mol. The maximum absolute atomic E-state index is 5.45. The van der Waals surface area contributed by atoms with Gasteiger partial charge in [-0.15, -0.1) is 12.3 Å². The molecule has 2 N–H and O–H groups in total. The third-order valence-electron chi connectivity index (χ3n) is 1.72. The highest BCUT2D eigenvalue weighted by Gasteiger charge is 2.04. The normalized spacial score (nSPS) is 8.50. The first-order valence-electron chi connectivity index (χ1n) is 4.68. The Labute approximate surface area is 85.8 Å². The number of nitrogen functional groups attached to an aromatic ring is 1. The molecular weight excluding hydrogens is 174 g/mol. The zero-order valence-electron chi connectivity index (χ0n) is 9.26. The van der Waals surface area contributed by atoms with Crippen molar-refractivity contribution in [1.29, 1.82) is 0 Å². The summed E-state index contributed by atoms with van der Waals surface area (Å²) in [6.45, 7) is 7.77. The van der Waals surface area contributed by atoms with E-state index in [1.165, 1.54) is 0 Å². The molecule has 0 aliphatic rings. The maximum Gasteiger partial charge on any atom is 0.220 e. The van der Waals surface area contributed by atoms with E-state index in [9.17, 15) is 0 Å². The van der Waals surface area contributed by atoms with Gasteiger partial charge in [-0.3, -0.25) is 0 Å². The van der Waals surface area contributed by atoms with Gasteiger partial charge in [-0.1, -0.05) is 13.8 Å². The van der Waals surface area contributed by atoms with E-state index in [-0.39, 0.29) is 0 Å². The summed E-state index contributed by atoms with van der Waals surface area (Å²) < 4.78 is 0. The van der Waals surface area contributed by atoms with Crippen LogP contribution in [0.2, 0.25) is 0 Å². The third-order valence-corrected chi connectivity index (χ3v) is 1.72. The average Bonchev–Trinajstić information content (AvgIpc) is 2.14. The quantitative estimate of drug-likeness (QED) is 0.689. The third kappa shape index (κ3) is 3.06. The van der Waals surface area contributed by atoms with Gasteiger partial charge in [0.15, 0.2) is 0 Å². The van der Waals surface area contributed by atoms with Crippen molar-refractivity contribution < 1.29 is 0 Å². The minimum Gasteiger partial charge on any atom is -0.368 e. The smallest absolute Gasteiger partial charge is 0.220 e. The summed E-state index contributed by atoms with van der Waals surface area (Å²) in [5.41, 5.74) is 8.20. The summed E-state index contributed by atoms with van der Waals surface area (Å²) in [6.07, 6.45) is 5.77. The van der Waals surface area contributed by atoms with Gasteiger partial charge in [0.1, 0.15) is 0 Å². The van der Waals surface area contributed by atoms with Crippen LogP contribution in [0.15, 0.2) is 0 Å². The molecule has 0 unspecified atom stereocenters. The van der Waals surface area contributed by atoms with Crippen LogP contribution < -0.4 is 5.73 Å². The summed E-state index contributed by atoms with van der Waals surface area (Å²) in [5, 5.41) is 0. The number of nitrogens with two attached hydrogens (primary N) is 1. The fourth-order valence-electron chi connectivity index (χ4n) is 1.12. The van der Waals surface area contributed by atoms with Crippen LogP contribution in [-0.4, -0.2) is 9.97 Å². The van der Waals surface area contributed by atoms with E-state index in [1.807, 2.05) is 27.7 Å². The molecule has 3 nitrogen and oxygen atoms in total. The second kappa shape index (κ2) is 5.98. The Kier molecular flexibility index (Phi) is 5.31. The van der Waals surface area contributed by atoms with Crippen molar-refractivity contribution in [3.05, 3.63) is 17.0 Å². The van der Waals surface area contributed by atoms with Gasteiger partial charge < -0.3 is 5.73 Å². The number of aromatic nitrogens is 2. The maximum atomic E-state index is 5.45. The molecule has 0 saturated heterocycles. The molecule has 0 saturated carbocycles. The topological polar surface area (TPSA) is 51.8 Å². The van der Waals surface area contributed by atoms with Gasteiger partial charge in [-0.25, -0.2) is 9.97 Å². The minimum atomic E-state index is 0.311. The molecule has 1 aromatic rings. The Morgan fingerprint density at radius 1 is 1.21 bits per heavy atom. The monoisotopic (exact) mass is 191 g/mol. The highest BCUT2D eigenvalue weighted by Crippen LogP contribution is 2.10. The lowest BCUT2D eigenvalue weighted by Gasteiger charge is -2.05. The molecule has 0 aliphatic carbocycles. The van der Waals surface area contributed by atoms with Crippen LogP contribution in [0.4, 0.5) is 5.95 Å². The lowest BCUT2D eigenvalue weighted by molar-refractivity contribution is 1.00. The van der Waals surface area contributed by atoms with E-state index < -0.39 is 0 Å². The van der Waals surface area contributed by atoms with E-state index in [2.05, 4.69) is 15.9 Å². The molecule has 0 aromatic carbocycles. The summed E-state index contributed by atoms with van der Waals surface area (Å²) >= 11 is 0. The molecule has 76 valence electrons.